The lowest BCUT2D eigenvalue weighted by molar-refractivity contribution is -0.116. The van der Waals surface area contributed by atoms with E-state index < -0.39 is 0 Å². The predicted octanol–water partition coefficient (Wildman–Crippen LogP) is 2.24. The molecule has 6 nitrogen and oxygen atoms in total. The molecule has 24 heavy (non-hydrogen) atoms. The van der Waals surface area contributed by atoms with Gasteiger partial charge in [-0.3, -0.25) is 9.59 Å². The van der Waals surface area contributed by atoms with E-state index in [9.17, 15) is 14.7 Å². The fraction of sp³-hybridized carbons (Fsp3) is 0.235. The highest BCUT2D eigenvalue weighted by molar-refractivity contribution is 7.99. The highest BCUT2D eigenvalue weighted by atomic mass is 32.2. The molecule has 0 radical (unpaired) electrons. The van der Waals surface area contributed by atoms with Gasteiger partial charge in [0.25, 0.3) is 5.56 Å². The summed E-state index contributed by atoms with van der Waals surface area (Å²) in [5.74, 6) is 0.715. The molecule has 1 atom stereocenters. The van der Waals surface area contributed by atoms with Crippen molar-refractivity contribution in [1.82, 2.24) is 9.55 Å². The van der Waals surface area contributed by atoms with Gasteiger partial charge in [-0.05, 0) is 17.7 Å². The van der Waals surface area contributed by atoms with Gasteiger partial charge in [0.2, 0.25) is 5.91 Å². The normalized spacial score (nSPS) is 16.4. The number of hydrogen-bond acceptors (Lipinski definition) is 5. The van der Waals surface area contributed by atoms with E-state index in [-0.39, 0.29) is 29.6 Å². The average Bonchev–Trinajstić information content (AvgIpc) is 2.56. The first-order valence-electron chi connectivity index (χ1n) is 7.44. The summed E-state index contributed by atoms with van der Waals surface area (Å²) in [7, 11) is 1.77. The Morgan fingerprint density at radius 3 is 2.79 bits per heavy atom. The molecular weight excluding hydrogens is 326 g/mol. The number of nitrogens with one attached hydrogen (secondary N) is 1. The Bertz CT molecular complexity index is 859. The average molecular weight is 343 g/mol. The van der Waals surface area contributed by atoms with Crippen molar-refractivity contribution in [2.75, 3.05) is 11.1 Å². The van der Waals surface area contributed by atoms with Gasteiger partial charge in [-0.2, -0.15) is 4.98 Å². The summed E-state index contributed by atoms with van der Waals surface area (Å²) in [4.78, 5) is 28.9. The third-order valence-corrected chi connectivity index (χ3v) is 4.95. The smallest absolute Gasteiger partial charge is 0.279 e. The van der Waals surface area contributed by atoms with E-state index in [0.29, 0.717) is 22.3 Å². The monoisotopic (exact) mass is 343 g/mol. The van der Waals surface area contributed by atoms with Crippen LogP contribution in [0.3, 0.4) is 0 Å². The maximum atomic E-state index is 12.6. The minimum Gasteiger partial charge on any atom is -0.508 e. The highest BCUT2D eigenvalue weighted by Crippen LogP contribution is 2.36. The highest BCUT2D eigenvalue weighted by Gasteiger charge is 2.31. The molecule has 0 saturated heterocycles. The fourth-order valence-electron chi connectivity index (χ4n) is 2.79. The number of benzene rings is 1. The maximum absolute atomic E-state index is 12.6. The number of aromatic nitrogens is 2. The van der Waals surface area contributed by atoms with Crippen LogP contribution in [-0.4, -0.2) is 26.3 Å². The van der Waals surface area contributed by atoms with E-state index in [1.165, 1.54) is 11.8 Å². The molecule has 3 rings (SSSR count). The van der Waals surface area contributed by atoms with Crippen molar-refractivity contribution in [2.24, 2.45) is 7.05 Å². The first-order chi connectivity index (χ1) is 11.5. The van der Waals surface area contributed by atoms with Gasteiger partial charge in [0.15, 0.2) is 5.16 Å². The number of rotatable bonds is 4. The zero-order valence-electron chi connectivity index (χ0n) is 13.2. The van der Waals surface area contributed by atoms with Crippen LogP contribution < -0.4 is 10.9 Å². The number of anilines is 1. The predicted molar refractivity (Wildman–Crippen MR) is 93.6 cm³/mol. The van der Waals surface area contributed by atoms with Crippen LogP contribution in [-0.2, 0) is 11.8 Å². The molecule has 1 amide bonds. The summed E-state index contributed by atoms with van der Waals surface area (Å²) in [6.45, 7) is 3.66. The molecule has 2 aromatic rings. The van der Waals surface area contributed by atoms with Gasteiger partial charge in [0.05, 0.1) is 5.56 Å². The van der Waals surface area contributed by atoms with Crippen LogP contribution in [0.5, 0.6) is 5.75 Å². The van der Waals surface area contributed by atoms with Crippen molar-refractivity contribution in [3.63, 3.8) is 0 Å². The second kappa shape index (κ2) is 6.52. The van der Waals surface area contributed by atoms with Gasteiger partial charge in [-0.15, -0.1) is 6.58 Å². The van der Waals surface area contributed by atoms with Crippen molar-refractivity contribution < 1.29 is 9.90 Å². The number of nitrogens with zero attached hydrogens (tertiary/aromatic N) is 2. The number of aromatic hydroxyl groups is 1. The standard InChI is InChI=1S/C17H17N3O3S/c1-3-8-24-17-19-16(23)14-12(10-4-6-11(21)7-5-10)9-13(22)18-15(14)20(17)2/h3-7,12,21H,1,8-9H2,2H3,(H,18,22)/t12-/m0/s1. The van der Waals surface area contributed by atoms with Crippen LogP contribution in [0.25, 0.3) is 0 Å². The molecule has 2 N–H and O–H groups in total. The molecular formula is C17H17N3O3S. The maximum Gasteiger partial charge on any atom is 0.279 e. The second-order valence-corrected chi connectivity index (χ2v) is 6.50. The molecule has 124 valence electrons. The van der Waals surface area contributed by atoms with E-state index in [1.54, 1.807) is 42.0 Å². The van der Waals surface area contributed by atoms with E-state index >= 15 is 0 Å². The lowest BCUT2D eigenvalue weighted by Gasteiger charge is -2.27. The van der Waals surface area contributed by atoms with Gasteiger partial charge >= 0.3 is 0 Å². The van der Waals surface area contributed by atoms with E-state index in [2.05, 4.69) is 16.9 Å². The summed E-state index contributed by atoms with van der Waals surface area (Å²) in [5.41, 5.74) is 0.938. The molecule has 7 heteroatoms. The molecule has 0 unspecified atom stereocenters. The van der Waals surface area contributed by atoms with Crippen LogP contribution in [0.4, 0.5) is 5.82 Å². The summed E-state index contributed by atoms with van der Waals surface area (Å²) < 4.78 is 1.73. The number of thioether (sulfide) groups is 1. The van der Waals surface area contributed by atoms with Gasteiger partial charge in [0.1, 0.15) is 11.6 Å². The SMILES string of the molecule is C=CCSc1nc(=O)c2c(n1C)NC(=O)C[C@H]2c1ccc(O)cc1. The molecule has 0 bridgehead atoms. The van der Waals surface area contributed by atoms with Crippen molar-refractivity contribution >= 4 is 23.5 Å². The summed E-state index contributed by atoms with van der Waals surface area (Å²) in [6.07, 6.45) is 1.90. The van der Waals surface area contributed by atoms with Gasteiger partial charge < -0.3 is 15.0 Å². The van der Waals surface area contributed by atoms with Gasteiger partial charge in [-0.1, -0.05) is 30.0 Å². The number of phenols is 1. The zero-order valence-corrected chi connectivity index (χ0v) is 14.0. The topological polar surface area (TPSA) is 84.2 Å². The van der Waals surface area contributed by atoms with Crippen LogP contribution >= 0.6 is 11.8 Å². The number of carbonyl (C=O) groups is 1. The lowest BCUT2D eigenvalue weighted by atomic mass is 9.87. The molecule has 0 fully saturated rings. The minimum atomic E-state index is -0.376. The Kier molecular flexibility index (Phi) is 4.44. The first-order valence-corrected chi connectivity index (χ1v) is 8.43. The quantitative estimate of drug-likeness (QED) is 0.505. The molecule has 1 aliphatic rings. The number of fused-ring (bicyclic) bond motifs is 1. The Hall–Kier alpha value is -2.54. The summed E-state index contributed by atoms with van der Waals surface area (Å²) >= 11 is 1.38. The molecule has 0 spiro atoms. The molecule has 1 aromatic carbocycles. The zero-order chi connectivity index (χ0) is 17.3. The molecule has 1 aromatic heterocycles. The minimum absolute atomic E-state index is 0.140. The van der Waals surface area contributed by atoms with E-state index in [4.69, 9.17) is 0 Å². The molecule has 2 heterocycles. The summed E-state index contributed by atoms with van der Waals surface area (Å²) in [6, 6.07) is 6.55. The third-order valence-electron chi connectivity index (χ3n) is 3.93. The Morgan fingerprint density at radius 1 is 1.42 bits per heavy atom. The van der Waals surface area contributed by atoms with Crippen LogP contribution in [0, 0.1) is 0 Å². The van der Waals surface area contributed by atoms with Crippen molar-refractivity contribution in [3.05, 3.63) is 58.4 Å². The second-order valence-electron chi connectivity index (χ2n) is 5.52. The fourth-order valence-corrected chi connectivity index (χ4v) is 3.49. The molecule has 0 aliphatic carbocycles. The van der Waals surface area contributed by atoms with E-state index in [0.717, 1.165) is 5.56 Å². The number of hydrogen-bond donors (Lipinski definition) is 2. The van der Waals surface area contributed by atoms with Crippen molar-refractivity contribution in [1.29, 1.82) is 0 Å². The number of amides is 1. The third kappa shape index (κ3) is 2.94. The Balaban J connectivity index is 2.14. The number of phenolic OH excluding ortho intramolecular Hbond substituents is 1. The van der Waals surface area contributed by atoms with Crippen molar-refractivity contribution in [3.8, 4) is 5.75 Å². The number of carbonyl (C=O) groups excluding carboxylic acids is 1. The molecule has 0 saturated carbocycles. The molecule has 1 aliphatic heterocycles. The van der Waals surface area contributed by atoms with Gasteiger partial charge in [0, 0.05) is 25.1 Å². The van der Waals surface area contributed by atoms with Crippen LogP contribution in [0.1, 0.15) is 23.5 Å². The largest absolute Gasteiger partial charge is 0.508 e. The lowest BCUT2D eigenvalue weighted by Crippen LogP contribution is -2.33. The van der Waals surface area contributed by atoms with Gasteiger partial charge in [-0.25, -0.2) is 0 Å². The van der Waals surface area contributed by atoms with Crippen LogP contribution in [0.15, 0.2) is 46.9 Å². The Labute approximate surface area is 143 Å². The van der Waals surface area contributed by atoms with Crippen molar-refractivity contribution in [2.45, 2.75) is 17.5 Å². The summed E-state index contributed by atoms with van der Waals surface area (Å²) in [5, 5.41) is 12.8. The van der Waals surface area contributed by atoms with E-state index in [1.807, 2.05) is 0 Å². The Morgan fingerprint density at radius 2 is 2.12 bits per heavy atom. The first kappa shape index (κ1) is 16.3. The van der Waals surface area contributed by atoms with Crippen LogP contribution in [0.2, 0.25) is 0 Å².